The third-order valence-corrected chi connectivity index (χ3v) is 5.84. The molecular formula is C23H26FN3O2. The van der Waals surface area contributed by atoms with Gasteiger partial charge in [0.05, 0.1) is 5.69 Å². The number of piperazine rings is 1. The summed E-state index contributed by atoms with van der Waals surface area (Å²) in [5, 5.41) is 3.06. The van der Waals surface area contributed by atoms with Crippen molar-refractivity contribution in [2.24, 2.45) is 0 Å². The Balaban J connectivity index is 1.34. The van der Waals surface area contributed by atoms with E-state index >= 15 is 0 Å². The second-order valence-electron chi connectivity index (χ2n) is 7.76. The molecule has 2 aromatic carbocycles. The van der Waals surface area contributed by atoms with Gasteiger partial charge < -0.3 is 15.1 Å². The molecule has 5 nitrogen and oxygen atoms in total. The first-order chi connectivity index (χ1) is 14.1. The highest BCUT2D eigenvalue weighted by Crippen LogP contribution is 2.21. The molecule has 4 rings (SSSR count). The van der Waals surface area contributed by atoms with E-state index in [1.54, 1.807) is 41.3 Å². The van der Waals surface area contributed by atoms with E-state index in [9.17, 15) is 14.0 Å². The molecule has 0 atom stereocenters. The summed E-state index contributed by atoms with van der Waals surface area (Å²) in [4.78, 5) is 28.9. The summed E-state index contributed by atoms with van der Waals surface area (Å²) in [5.41, 5.74) is 1.73. The van der Waals surface area contributed by atoms with Gasteiger partial charge in [0.25, 0.3) is 11.8 Å². The third-order valence-electron chi connectivity index (χ3n) is 5.84. The molecule has 2 amide bonds. The van der Waals surface area contributed by atoms with Crippen LogP contribution < -0.4 is 10.2 Å². The van der Waals surface area contributed by atoms with Crippen LogP contribution in [0.4, 0.5) is 10.1 Å². The molecule has 1 aliphatic heterocycles. The highest BCUT2D eigenvalue weighted by atomic mass is 19.1. The first kappa shape index (κ1) is 19.4. The smallest absolute Gasteiger partial charge is 0.253 e. The Kier molecular flexibility index (Phi) is 5.79. The summed E-state index contributed by atoms with van der Waals surface area (Å²) in [6, 6.07) is 13.9. The van der Waals surface area contributed by atoms with Crippen LogP contribution in [0.2, 0.25) is 0 Å². The van der Waals surface area contributed by atoms with Gasteiger partial charge in [0.1, 0.15) is 5.82 Å². The predicted octanol–water partition coefficient (Wildman–Crippen LogP) is 3.46. The van der Waals surface area contributed by atoms with E-state index in [0.717, 1.165) is 12.8 Å². The van der Waals surface area contributed by atoms with Crippen LogP contribution in [-0.2, 0) is 0 Å². The molecule has 2 fully saturated rings. The Bertz CT molecular complexity index is 870. The number of carbonyl (C=O) groups is 2. The predicted molar refractivity (Wildman–Crippen MR) is 111 cm³/mol. The molecule has 0 unspecified atom stereocenters. The minimum atomic E-state index is -0.237. The number of para-hydroxylation sites is 1. The molecule has 0 bridgehead atoms. The average molecular weight is 395 g/mol. The topological polar surface area (TPSA) is 52.7 Å². The molecule has 0 aromatic heterocycles. The molecule has 1 saturated heterocycles. The summed E-state index contributed by atoms with van der Waals surface area (Å²) in [6.45, 7) is 2.26. The fourth-order valence-electron chi connectivity index (χ4n) is 4.14. The van der Waals surface area contributed by atoms with Gasteiger partial charge in [-0.25, -0.2) is 4.39 Å². The Morgan fingerprint density at radius 3 is 2.14 bits per heavy atom. The van der Waals surface area contributed by atoms with Crippen LogP contribution in [-0.4, -0.2) is 48.9 Å². The zero-order valence-electron chi connectivity index (χ0n) is 16.4. The Morgan fingerprint density at radius 2 is 1.48 bits per heavy atom. The lowest BCUT2D eigenvalue weighted by atomic mass is 10.1. The molecule has 1 saturated carbocycles. The van der Waals surface area contributed by atoms with Crippen molar-refractivity contribution in [3.63, 3.8) is 0 Å². The first-order valence-corrected chi connectivity index (χ1v) is 10.3. The monoisotopic (exact) mass is 395 g/mol. The van der Waals surface area contributed by atoms with Gasteiger partial charge in [0.2, 0.25) is 0 Å². The molecule has 2 aromatic rings. The summed E-state index contributed by atoms with van der Waals surface area (Å²) in [6.07, 6.45) is 4.42. The number of hydrogen-bond acceptors (Lipinski definition) is 3. The lowest BCUT2D eigenvalue weighted by Gasteiger charge is -2.36. The fraction of sp³-hybridized carbons (Fsp3) is 0.391. The van der Waals surface area contributed by atoms with Crippen molar-refractivity contribution in [3.8, 4) is 0 Å². The van der Waals surface area contributed by atoms with E-state index in [1.807, 2.05) is 11.0 Å². The van der Waals surface area contributed by atoms with Gasteiger partial charge in [0.15, 0.2) is 0 Å². The Labute approximate surface area is 170 Å². The van der Waals surface area contributed by atoms with E-state index in [2.05, 4.69) is 5.32 Å². The third kappa shape index (κ3) is 4.42. The Morgan fingerprint density at radius 1 is 0.862 bits per heavy atom. The molecule has 29 heavy (non-hydrogen) atoms. The van der Waals surface area contributed by atoms with E-state index in [4.69, 9.17) is 0 Å². The molecule has 0 radical (unpaired) electrons. The highest BCUT2D eigenvalue weighted by molar-refractivity contribution is 5.98. The van der Waals surface area contributed by atoms with Gasteiger partial charge in [-0.2, -0.15) is 0 Å². The van der Waals surface area contributed by atoms with Crippen molar-refractivity contribution < 1.29 is 14.0 Å². The summed E-state index contributed by atoms with van der Waals surface area (Å²) >= 11 is 0. The van der Waals surface area contributed by atoms with Crippen LogP contribution in [0.1, 0.15) is 46.4 Å². The van der Waals surface area contributed by atoms with E-state index in [0.29, 0.717) is 43.0 Å². The summed E-state index contributed by atoms with van der Waals surface area (Å²) < 4.78 is 14.0. The van der Waals surface area contributed by atoms with Crippen molar-refractivity contribution >= 4 is 17.5 Å². The second kappa shape index (κ2) is 8.64. The lowest BCUT2D eigenvalue weighted by molar-refractivity contribution is 0.0746. The maximum Gasteiger partial charge on any atom is 0.253 e. The quantitative estimate of drug-likeness (QED) is 0.863. The highest BCUT2D eigenvalue weighted by Gasteiger charge is 2.24. The van der Waals surface area contributed by atoms with Crippen LogP contribution in [0, 0.1) is 5.82 Å². The molecule has 1 heterocycles. The SMILES string of the molecule is O=C(NC1CCCC1)c1ccc(C(=O)N2CCN(c3ccccc3F)CC2)cc1. The maximum atomic E-state index is 14.0. The molecule has 1 N–H and O–H groups in total. The molecule has 0 spiro atoms. The Hall–Kier alpha value is -2.89. The van der Waals surface area contributed by atoms with Crippen LogP contribution >= 0.6 is 0 Å². The van der Waals surface area contributed by atoms with Crippen molar-refractivity contribution in [2.45, 2.75) is 31.7 Å². The van der Waals surface area contributed by atoms with Gasteiger partial charge in [-0.1, -0.05) is 25.0 Å². The van der Waals surface area contributed by atoms with E-state index in [1.165, 1.54) is 18.9 Å². The molecule has 1 aliphatic carbocycles. The number of rotatable bonds is 4. The number of halogens is 1. The minimum absolute atomic E-state index is 0.0547. The number of anilines is 1. The molecule has 2 aliphatic rings. The largest absolute Gasteiger partial charge is 0.366 e. The standard InChI is InChI=1S/C23H26FN3O2/c24-20-7-3-4-8-21(20)26-13-15-27(16-14-26)23(29)18-11-9-17(10-12-18)22(28)25-19-5-1-2-6-19/h3-4,7-12,19H,1-2,5-6,13-16H2,(H,25,28). The van der Waals surface area contributed by atoms with Crippen LogP contribution in [0.15, 0.2) is 48.5 Å². The molecule has 6 heteroatoms. The summed E-state index contributed by atoms with van der Waals surface area (Å²) in [7, 11) is 0. The van der Waals surface area contributed by atoms with Gasteiger partial charge in [-0.3, -0.25) is 9.59 Å². The van der Waals surface area contributed by atoms with Gasteiger partial charge in [-0.05, 0) is 49.2 Å². The van der Waals surface area contributed by atoms with E-state index in [-0.39, 0.29) is 23.7 Å². The second-order valence-corrected chi connectivity index (χ2v) is 7.76. The van der Waals surface area contributed by atoms with E-state index < -0.39 is 0 Å². The maximum absolute atomic E-state index is 14.0. The van der Waals surface area contributed by atoms with Crippen LogP contribution in [0.3, 0.4) is 0 Å². The zero-order chi connectivity index (χ0) is 20.2. The van der Waals surface area contributed by atoms with Crippen LogP contribution in [0.25, 0.3) is 0 Å². The van der Waals surface area contributed by atoms with Crippen molar-refractivity contribution in [3.05, 3.63) is 65.5 Å². The fourth-order valence-corrected chi connectivity index (χ4v) is 4.14. The lowest BCUT2D eigenvalue weighted by Crippen LogP contribution is -2.49. The average Bonchev–Trinajstić information content (AvgIpc) is 3.27. The first-order valence-electron chi connectivity index (χ1n) is 10.3. The van der Waals surface area contributed by atoms with Crippen molar-refractivity contribution in [1.82, 2.24) is 10.2 Å². The number of nitrogens with one attached hydrogen (secondary N) is 1. The molecule has 152 valence electrons. The summed E-state index contributed by atoms with van der Waals surface area (Å²) in [5.74, 6) is -0.367. The number of amides is 2. The number of carbonyl (C=O) groups excluding carboxylic acids is 2. The normalized spacial score (nSPS) is 17.4. The van der Waals surface area contributed by atoms with Crippen molar-refractivity contribution in [1.29, 1.82) is 0 Å². The number of benzene rings is 2. The van der Waals surface area contributed by atoms with Crippen LogP contribution in [0.5, 0.6) is 0 Å². The number of nitrogens with zero attached hydrogens (tertiary/aromatic N) is 2. The zero-order valence-corrected chi connectivity index (χ0v) is 16.4. The van der Waals surface area contributed by atoms with Gasteiger partial charge >= 0.3 is 0 Å². The van der Waals surface area contributed by atoms with Gasteiger partial charge in [0, 0.05) is 43.3 Å². The van der Waals surface area contributed by atoms with Crippen molar-refractivity contribution in [2.75, 3.05) is 31.1 Å². The molecular weight excluding hydrogens is 369 g/mol. The number of hydrogen-bond donors (Lipinski definition) is 1. The van der Waals surface area contributed by atoms with Gasteiger partial charge in [-0.15, -0.1) is 0 Å². The minimum Gasteiger partial charge on any atom is -0.366 e.